The number of hydrogen-bond donors (Lipinski definition) is 2. The highest BCUT2D eigenvalue weighted by Gasteiger charge is 2.34. The summed E-state index contributed by atoms with van der Waals surface area (Å²) in [5.74, 6) is 0.815. The molecule has 2 N–H and O–H groups in total. The van der Waals surface area contributed by atoms with Crippen LogP contribution in [0, 0.1) is 0 Å². The number of urea groups is 1. The maximum atomic E-state index is 13.9. The number of halogens is 3. The predicted octanol–water partition coefficient (Wildman–Crippen LogP) is 5.54. The van der Waals surface area contributed by atoms with Crippen molar-refractivity contribution in [1.82, 2.24) is 19.8 Å². The van der Waals surface area contributed by atoms with Crippen LogP contribution in [-0.4, -0.2) is 85.3 Å². The first-order valence-electron chi connectivity index (χ1n) is 14.6. The van der Waals surface area contributed by atoms with E-state index in [4.69, 9.17) is 9.72 Å². The summed E-state index contributed by atoms with van der Waals surface area (Å²) in [6.45, 7) is 6.12. The quantitative estimate of drug-likeness (QED) is 0.299. The number of amides is 2. The number of aromatic nitrogens is 2. The van der Waals surface area contributed by atoms with Crippen molar-refractivity contribution in [2.45, 2.75) is 12.7 Å². The molecule has 0 bridgehead atoms. The number of carbonyl (C=O) groups is 1. The monoisotopic (exact) mass is 605 g/mol. The van der Waals surface area contributed by atoms with Crippen LogP contribution in [0.2, 0.25) is 0 Å². The van der Waals surface area contributed by atoms with Gasteiger partial charge in [0, 0.05) is 57.2 Å². The molecule has 1 aromatic heterocycles. The summed E-state index contributed by atoms with van der Waals surface area (Å²) in [7, 11) is 2.00. The minimum Gasteiger partial charge on any atom is -0.378 e. The van der Waals surface area contributed by atoms with Crippen molar-refractivity contribution in [3.05, 3.63) is 78.0 Å². The molecule has 3 heterocycles. The van der Waals surface area contributed by atoms with E-state index in [1.165, 1.54) is 12.1 Å². The Bertz CT molecular complexity index is 1620. The molecular weight excluding hydrogens is 571 g/mol. The highest BCUT2D eigenvalue weighted by atomic mass is 19.4. The van der Waals surface area contributed by atoms with Crippen LogP contribution in [0.15, 0.2) is 66.9 Å². The second-order valence-electron chi connectivity index (χ2n) is 11.1. The van der Waals surface area contributed by atoms with Gasteiger partial charge in [-0.05, 0) is 60.1 Å². The molecule has 0 unspecified atom stereocenters. The van der Waals surface area contributed by atoms with Crippen LogP contribution >= 0.6 is 0 Å². The number of likely N-dealkylation sites (N-methyl/N-ethyl adjacent to an activating group) is 1. The van der Waals surface area contributed by atoms with Gasteiger partial charge in [-0.3, -0.25) is 9.88 Å². The molecule has 2 aliphatic rings. The number of alkyl halides is 3. The first-order chi connectivity index (χ1) is 21.2. The number of benzene rings is 3. The summed E-state index contributed by atoms with van der Waals surface area (Å²) in [6.07, 6.45) is -2.75. The van der Waals surface area contributed by atoms with E-state index < -0.39 is 17.8 Å². The maximum Gasteiger partial charge on any atom is 0.416 e. The van der Waals surface area contributed by atoms with E-state index in [0.29, 0.717) is 32.0 Å². The third-order valence-corrected chi connectivity index (χ3v) is 8.00. The van der Waals surface area contributed by atoms with Crippen LogP contribution in [0.25, 0.3) is 22.2 Å². The van der Waals surface area contributed by atoms with Gasteiger partial charge in [0.15, 0.2) is 0 Å². The van der Waals surface area contributed by atoms with Gasteiger partial charge >= 0.3 is 12.2 Å². The number of hydrogen-bond acceptors (Lipinski definition) is 7. The number of carbonyl (C=O) groups excluding carboxylic acids is 1. The molecule has 44 heavy (non-hydrogen) atoms. The number of morpholine rings is 1. The topological polar surface area (TPSA) is 85.9 Å². The van der Waals surface area contributed by atoms with Gasteiger partial charge in [-0.25, -0.2) is 9.78 Å². The highest BCUT2D eigenvalue weighted by Crippen LogP contribution is 2.35. The Balaban J connectivity index is 1.11. The molecule has 230 valence electrons. The minimum atomic E-state index is -4.54. The molecule has 0 spiro atoms. The van der Waals surface area contributed by atoms with Crippen molar-refractivity contribution in [1.29, 1.82) is 0 Å². The number of rotatable bonds is 6. The Morgan fingerprint density at radius 3 is 2.25 bits per heavy atom. The van der Waals surface area contributed by atoms with Crippen molar-refractivity contribution >= 4 is 34.3 Å². The third-order valence-electron chi connectivity index (χ3n) is 8.00. The lowest BCUT2D eigenvalue weighted by atomic mass is 10.0. The van der Waals surface area contributed by atoms with Crippen LogP contribution in [0.3, 0.4) is 0 Å². The second kappa shape index (κ2) is 12.8. The minimum absolute atomic E-state index is 0.0716. The van der Waals surface area contributed by atoms with E-state index in [0.717, 1.165) is 60.2 Å². The summed E-state index contributed by atoms with van der Waals surface area (Å²) in [6, 6.07) is 16.4. The van der Waals surface area contributed by atoms with Gasteiger partial charge < -0.3 is 25.2 Å². The zero-order valence-electron chi connectivity index (χ0n) is 24.4. The van der Waals surface area contributed by atoms with Crippen LogP contribution in [0.4, 0.5) is 35.2 Å². The van der Waals surface area contributed by atoms with Gasteiger partial charge in [0.05, 0.1) is 36.0 Å². The van der Waals surface area contributed by atoms with E-state index >= 15 is 0 Å². The van der Waals surface area contributed by atoms with Crippen molar-refractivity contribution < 1.29 is 22.7 Å². The Morgan fingerprint density at radius 1 is 0.841 bits per heavy atom. The summed E-state index contributed by atoms with van der Waals surface area (Å²) < 4.78 is 47.2. The summed E-state index contributed by atoms with van der Waals surface area (Å²) in [5.41, 5.74) is 3.46. The lowest BCUT2D eigenvalue weighted by molar-refractivity contribution is -0.138. The van der Waals surface area contributed by atoms with Crippen LogP contribution in [0.5, 0.6) is 0 Å². The molecule has 0 atom stereocenters. The van der Waals surface area contributed by atoms with Gasteiger partial charge in [0.1, 0.15) is 5.82 Å². The fraction of sp³-hybridized carbons (Fsp3) is 0.344. The molecular formula is C32H34F3N7O2. The van der Waals surface area contributed by atoms with Crippen LogP contribution < -0.4 is 15.5 Å². The lowest BCUT2D eigenvalue weighted by Gasteiger charge is -2.33. The molecule has 0 radical (unpaired) electrons. The largest absolute Gasteiger partial charge is 0.416 e. The summed E-state index contributed by atoms with van der Waals surface area (Å²) >= 11 is 0. The average molecular weight is 606 g/mol. The maximum absolute atomic E-state index is 13.9. The number of fused-ring (bicyclic) bond motifs is 1. The highest BCUT2D eigenvalue weighted by molar-refractivity contribution is 6.00. The predicted molar refractivity (Wildman–Crippen MR) is 165 cm³/mol. The molecule has 0 aliphatic carbocycles. The van der Waals surface area contributed by atoms with Crippen LogP contribution in [0.1, 0.15) is 11.1 Å². The Hall–Kier alpha value is -4.26. The Kier molecular flexibility index (Phi) is 8.65. The second-order valence-corrected chi connectivity index (χ2v) is 11.1. The molecule has 3 aromatic carbocycles. The first kappa shape index (κ1) is 29.8. The average Bonchev–Trinajstić information content (AvgIpc) is 3.02. The molecule has 9 nitrogen and oxygen atoms in total. The van der Waals surface area contributed by atoms with Gasteiger partial charge in [0.25, 0.3) is 0 Å². The van der Waals surface area contributed by atoms with Gasteiger partial charge in [-0.1, -0.05) is 24.3 Å². The van der Waals surface area contributed by atoms with E-state index in [-0.39, 0.29) is 17.8 Å². The molecule has 4 aromatic rings. The molecule has 6 rings (SSSR count). The van der Waals surface area contributed by atoms with Crippen molar-refractivity contribution in [3.8, 4) is 11.1 Å². The molecule has 12 heteroatoms. The van der Waals surface area contributed by atoms with E-state index in [9.17, 15) is 18.0 Å². The first-order valence-corrected chi connectivity index (χ1v) is 14.6. The van der Waals surface area contributed by atoms with E-state index in [2.05, 4.69) is 25.4 Å². The molecule has 2 saturated heterocycles. The van der Waals surface area contributed by atoms with Gasteiger partial charge in [0.2, 0.25) is 0 Å². The van der Waals surface area contributed by atoms with Crippen molar-refractivity contribution in [2.75, 3.05) is 75.1 Å². The smallest absolute Gasteiger partial charge is 0.378 e. The molecule has 2 amide bonds. The SMILES string of the molecule is CN1CCN(Cc2ccc(NC(=O)Nc3ccc(-c4ccc5ncc(N6CCOCC6)nc5c4)cc3)cc2C(F)(F)F)CC1. The van der Waals surface area contributed by atoms with E-state index in [1.54, 1.807) is 18.3 Å². The normalized spacial score (nSPS) is 16.7. The molecule has 0 saturated carbocycles. The standard InChI is InChI=1S/C32H34F3N7O2/c1-40-10-12-41(13-11-40)21-24-4-8-26(19-27(24)32(33,34)35)38-31(43)37-25-6-2-22(3-7-25)23-5-9-28-29(18-23)39-30(20-36-28)42-14-16-44-17-15-42/h2-9,18-20H,10-17,21H2,1H3,(H2,37,38,43). The lowest BCUT2D eigenvalue weighted by Crippen LogP contribution is -2.44. The third kappa shape index (κ3) is 7.09. The number of anilines is 3. The molecule has 2 fully saturated rings. The van der Waals surface area contributed by atoms with Crippen molar-refractivity contribution in [2.24, 2.45) is 0 Å². The Morgan fingerprint density at radius 2 is 1.52 bits per heavy atom. The fourth-order valence-corrected chi connectivity index (χ4v) is 5.47. The zero-order valence-corrected chi connectivity index (χ0v) is 24.4. The van der Waals surface area contributed by atoms with E-state index in [1.807, 2.05) is 42.3 Å². The number of nitrogens with zero attached hydrogens (tertiary/aromatic N) is 5. The van der Waals surface area contributed by atoms with Crippen LogP contribution in [-0.2, 0) is 17.5 Å². The van der Waals surface area contributed by atoms with Crippen molar-refractivity contribution in [3.63, 3.8) is 0 Å². The summed E-state index contributed by atoms with van der Waals surface area (Å²) in [4.78, 5) is 28.4. The van der Waals surface area contributed by atoms with Gasteiger partial charge in [-0.2, -0.15) is 13.2 Å². The number of ether oxygens (including phenoxy) is 1. The number of nitrogens with one attached hydrogen (secondary N) is 2. The zero-order chi connectivity index (χ0) is 30.7. The Labute approximate surface area is 253 Å². The molecule has 2 aliphatic heterocycles. The fourth-order valence-electron chi connectivity index (χ4n) is 5.47. The van der Waals surface area contributed by atoms with Gasteiger partial charge in [-0.15, -0.1) is 0 Å². The summed E-state index contributed by atoms with van der Waals surface area (Å²) in [5, 5.41) is 5.24. The number of piperazine rings is 1.